The summed E-state index contributed by atoms with van der Waals surface area (Å²) in [5, 5.41) is 9.19. The highest BCUT2D eigenvalue weighted by Gasteiger charge is 2.30. The quantitative estimate of drug-likeness (QED) is 0.852. The van der Waals surface area contributed by atoms with Gasteiger partial charge in [0.25, 0.3) is 0 Å². The van der Waals surface area contributed by atoms with Gasteiger partial charge in [-0.2, -0.15) is 0 Å². The minimum absolute atomic E-state index is 0.151. The average Bonchev–Trinajstić information content (AvgIpc) is 2.93. The largest absolute Gasteiger partial charge is 0.480 e. The molecule has 0 aromatic heterocycles. The fraction of sp³-hybridized carbons (Fsp3) is 0.562. The Morgan fingerprint density at radius 2 is 1.95 bits per heavy atom. The highest BCUT2D eigenvalue weighted by atomic mass is 16.4. The second-order valence-corrected chi connectivity index (χ2v) is 5.34. The maximum atomic E-state index is 11.2. The number of carboxylic acids is 1. The van der Waals surface area contributed by atoms with E-state index in [4.69, 9.17) is 0 Å². The van der Waals surface area contributed by atoms with Crippen molar-refractivity contribution in [3.05, 3.63) is 35.9 Å². The van der Waals surface area contributed by atoms with E-state index >= 15 is 0 Å². The molecule has 1 N–H and O–H groups in total. The molecular weight excluding hydrogens is 238 g/mol. The molecule has 1 unspecified atom stereocenters. The van der Waals surface area contributed by atoms with Gasteiger partial charge in [-0.15, -0.1) is 0 Å². The molecule has 0 radical (unpaired) electrons. The van der Waals surface area contributed by atoms with E-state index in [1.807, 2.05) is 18.2 Å². The Bertz CT molecular complexity index is 398. The molecule has 104 valence electrons. The van der Waals surface area contributed by atoms with Crippen LogP contribution in [-0.2, 0) is 4.79 Å². The summed E-state index contributed by atoms with van der Waals surface area (Å²) >= 11 is 0. The number of hydrogen-bond donors (Lipinski definition) is 1. The van der Waals surface area contributed by atoms with Crippen molar-refractivity contribution < 1.29 is 9.90 Å². The fourth-order valence-electron chi connectivity index (χ4n) is 3.22. The van der Waals surface area contributed by atoms with Crippen LogP contribution in [0.25, 0.3) is 0 Å². The first-order chi connectivity index (χ1) is 9.22. The number of carboxylic acid groups (broad SMARTS) is 1. The van der Waals surface area contributed by atoms with Crippen molar-refractivity contribution in [2.45, 2.75) is 51.1 Å². The van der Waals surface area contributed by atoms with Crippen molar-refractivity contribution in [2.24, 2.45) is 0 Å². The maximum absolute atomic E-state index is 11.2. The molecule has 3 nitrogen and oxygen atoms in total. The third-order valence-electron chi connectivity index (χ3n) is 4.08. The van der Waals surface area contributed by atoms with Crippen molar-refractivity contribution in [1.82, 2.24) is 4.90 Å². The lowest BCUT2D eigenvalue weighted by molar-refractivity contribution is -0.139. The number of benzene rings is 1. The highest BCUT2D eigenvalue weighted by molar-refractivity contribution is 5.69. The minimum Gasteiger partial charge on any atom is -0.480 e. The minimum atomic E-state index is -0.721. The molecule has 1 atom stereocenters. The lowest BCUT2D eigenvalue weighted by Crippen LogP contribution is -2.40. The van der Waals surface area contributed by atoms with E-state index in [9.17, 15) is 9.90 Å². The molecule has 19 heavy (non-hydrogen) atoms. The van der Waals surface area contributed by atoms with Gasteiger partial charge in [-0.05, 0) is 24.8 Å². The zero-order valence-corrected chi connectivity index (χ0v) is 11.6. The van der Waals surface area contributed by atoms with Crippen LogP contribution in [0.15, 0.2) is 30.3 Å². The van der Waals surface area contributed by atoms with Crippen LogP contribution in [0, 0.1) is 0 Å². The van der Waals surface area contributed by atoms with E-state index in [2.05, 4.69) is 24.0 Å². The lowest BCUT2D eigenvalue weighted by atomic mass is 10.00. The van der Waals surface area contributed by atoms with Crippen LogP contribution in [0.1, 0.15) is 50.6 Å². The molecule has 1 saturated carbocycles. The maximum Gasteiger partial charge on any atom is 0.317 e. The van der Waals surface area contributed by atoms with E-state index < -0.39 is 5.97 Å². The van der Waals surface area contributed by atoms with Crippen molar-refractivity contribution in [1.29, 1.82) is 0 Å². The normalized spacial score (nSPS) is 17.8. The molecule has 1 aliphatic rings. The Morgan fingerprint density at radius 3 is 2.47 bits per heavy atom. The summed E-state index contributed by atoms with van der Waals surface area (Å²) in [5.41, 5.74) is 1.23. The summed E-state index contributed by atoms with van der Waals surface area (Å²) in [7, 11) is 0. The van der Waals surface area contributed by atoms with Crippen molar-refractivity contribution in [2.75, 3.05) is 6.54 Å². The predicted octanol–water partition coefficient (Wildman–Crippen LogP) is 3.47. The molecular formula is C16H23NO2. The molecule has 1 aromatic carbocycles. The summed E-state index contributed by atoms with van der Waals surface area (Å²) < 4.78 is 0. The molecule has 0 amide bonds. The molecule has 0 aliphatic heterocycles. The van der Waals surface area contributed by atoms with Gasteiger partial charge in [-0.3, -0.25) is 9.69 Å². The fourth-order valence-corrected chi connectivity index (χ4v) is 3.22. The molecule has 0 spiro atoms. The Balaban J connectivity index is 2.21. The average molecular weight is 261 g/mol. The molecule has 0 heterocycles. The van der Waals surface area contributed by atoms with Crippen LogP contribution >= 0.6 is 0 Å². The van der Waals surface area contributed by atoms with Gasteiger partial charge in [0.2, 0.25) is 0 Å². The number of rotatable bonds is 6. The summed E-state index contributed by atoms with van der Waals surface area (Å²) in [6.45, 7) is 2.29. The SMILES string of the molecule is CCC(c1ccccc1)N(CC(=O)O)C1CCCC1. The monoisotopic (exact) mass is 261 g/mol. The van der Waals surface area contributed by atoms with Crippen LogP contribution < -0.4 is 0 Å². The highest BCUT2D eigenvalue weighted by Crippen LogP contribution is 2.32. The zero-order chi connectivity index (χ0) is 13.7. The molecule has 3 heteroatoms. The standard InChI is InChI=1S/C16H23NO2/c1-2-15(13-8-4-3-5-9-13)17(12-16(18)19)14-10-6-7-11-14/h3-5,8-9,14-15H,2,6-7,10-12H2,1H3,(H,18,19). The lowest BCUT2D eigenvalue weighted by Gasteiger charge is -2.35. The number of carbonyl (C=O) groups is 1. The summed E-state index contributed by atoms with van der Waals surface area (Å²) in [6, 6.07) is 10.9. The van der Waals surface area contributed by atoms with Gasteiger partial charge in [0.05, 0.1) is 6.54 Å². The topological polar surface area (TPSA) is 40.5 Å². The summed E-state index contributed by atoms with van der Waals surface area (Å²) in [4.78, 5) is 13.4. The van der Waals surface area contributed by atoms with Gasteiger partial charge >= 0.3 is 5.97 Å². The van der Waals surface area contributed by atoms with Crippen LogP contribution in [0.5, 0.6) is 0 Å². The first-order valence-electron chi connectivity index (χ1n) is 7.25. The Morgan fingerprint density at radius 1 is 1.32 bits per heavy atom. The molecule has 0 saturated heterocycles. The summed E-state index contributed by atoms with van der Waals surface area (Å²) in [5.74, 6) is -0.721. The van der Waals surface area contributed by atoms with E-state index in [0.717, 1.165) is 19.3 Å². The van der Waals surface area contributed by atoms with Gasteiger partial charge in [-0.1, -0.05) is 50.1 Å². The summed E-state index contributed by atoms with van der Waals surface area (Å²) in [6.07, 6.45) is 5.68. The van der Waals surface area contributed by atoms with Gasteiger partial charge in [0.15, 0.2) is 0 Å². The van der Waals surface area contributed by atoms with Gasteiger partial charge in [0, 0.05) is 12.1 Å². The molecule has 1 aromatic rings. The molecule has 1 aliphatic carbocycles. The smallest absolute Gasteiger partial charge is 0.317 e. The number of aliphatic carboxylic acids is 1. The van der Waals surface area contributed by atoms with Gasteiger partial charge < -0.3 is 5.11 Å². The molecule has 1 fully saturated rings. The van der Waals surface area contributed by atoms with E-state index in [0.29, 0.717) is 6.04 Å². The van der Waals surface area contributed by atoms with Crippen LogP contribution in [0.2, 0.25) is 0 Å². The van der Waals surface area contributed by atoms with Crippen molar-refractivity contribution in [3.8, 4) is 0 Å². The molecule has 2 rings (SSSR count). The van der Waals surface area contributed by atoms with Gasteiger partial charge in [0.1, 0.15) is 0 Å². The van der Waals surface area contributed by atoms with E-state index in [1.165, 1.54) is 18.4 Å². The third kappa shape index (κ3) is 3.57. The molecule has 0 bridgehead atoms. The zero-order valence-electron chi connectivity index (χ0n) is 11.6. The second kappa shape index (κ2) is 6.71. The van der Waals surface area contributed by atoms with E-state index in [1.54, 1.807) is 0 Å². The first-order valence-corrected chi connectivity index (χ1v) is 7.25. The predicted molar refractivity (Wildman–Crippen MR) is 76.1 cm³/mol. The van der Waals surface area contributed by atoms with E-state index in [-0.39, 0.29) is 12.6 Å². The number of hydrogen-bond acceptors (Lipinski definition) is 2. The van der Waals surface area contributed by atoms with Crippen molar-refractivity contribution >= 4 is 5.97 Å². The third-order valence-corrected chi connectivity index (χ3v) is 4.08. The second-order valence-electron chi connectivity index (χ2n) is 5.34. The van der Waals surface area contributed by atoms with Crippen LogP contribution in [-0.4, -0.2) is 28.6 Å². The Hall–Kier alpha value is -1.35. The Kier molecular flexibility index (Phi) is 4.97. The Labute approximate surface area is 115 Å². The van der Waals surface area contributed by atoms with Crippen molar-refractivity contribution in [3.63, 3.8) is 0 Å². The van der Waals surface area contributed by atoms with Crippen LogP contribution in [0.3, 0.4) is 0 Å². The van der Waals surface area contributed by atoms with Crippen LogP contribution in [0.4, 0.5) is 0 Å². The first kappa shape index (κ1) is 14.1. The van der Waals surface area contributed by atoms with Gasteiger partial charge in [-0.25, -0.2) is 0 Å². The number of nitrogens with zero attached hydrogens (tertiary/aromatic N) is 1.